The molecule has 0 aromatic heterocycles. The molecule has 0 saturated carbocycles. The Morgan fingerprint density at radius 3 is 2.25 bits per heavy atom. The molecule has 0 radical (unpaired) electrons. The van der Waals surface area contributed by atoms with E-state index in [1.54, 1.807) is 0 Å². The minimum atomic E-state index is 0.210. The summed E-state index contributed by atoms with van der Waals surface area (Å²) in [5.41, 5.74) is 4.26. The third-order valence-electron chi connectivity index (χ3n) is 4.37. The van der Waals surface area contributed by atoms with Gasteiger partial charge >= 0.3 is 0 Å². The Morgan fingerprint density at radius 2 is 1.71 bits per heavy atom. The predicted octanol–water partition coefficient (Wildman–Crippen LogP) is 6.31. The molecule has 0 aliphatic heterocycles. The van der Waals surface area contributed by atoms with Crippen LogP contribution in [-0.4, -0.2) is 10.2 Å². The highest BCUT2D eigenvalue weighted by molar-refractivity contribution is 5.47. The fourth-order valence-electron chi connectivity index (χ4n) is 2.99. The van der Waals surface area contributed by atoms with Crippen molar-refractivity contribution in [2.75, 3.05) is 0 Å². The van der Waals surface area contributed by atoms with Gasteiger partial charge in [-0.25, -0.2) is 0 Å². The zero-order valence-corrected chi connectivity index (χ0v) is 16.0. The van der Waals surface area contributed by atoms with Crippen LogP contribution in [0, 0.1) is 5.92 Å². The first-order valence-electron chi connectivity index (χ1n) is 9.16. The summed E-state index contributed by atoms with van der Waals surface area (Å²) >= 11 is 0. The summed E-state index contributed by atoms with van der Waals surface area (Å²) in [6.07, 6.45) is 10.2. The van der Waals surface area contributed by atoms with E-state index in [9.17, 15) is 10.2 Å². The monoisotopic (exact) mass is 330 g/mol. The van der Waals surface area contributed by atoms with E-state index in [2.05, 4.69) is 46.8 Å². The standard InChI is InChI=1S/C22H34O2/c1-6-8-18(5)13-19-14-21(23)20(22(24)15-19)12-11-17(4)10-7-9-16(2)3/h9,11,14-15,18,23-24H,6-8,10,12-13H2,1-5H3. The van der Waals surface area contributed by atoms with Crippen LogP contribution in [0.1, 0.15) is 71.4 Å². The molecule has 0 saturated heterocycles. The first-order valence-corrected chi connectivity index (χ1v) is 9.16. The van der Waals surface area contributed by atoms with Gasteiger partial charge in [0, 0.05) is 5.56 Å². The minimum Gasteiger partial charge on any atom is -0.508 e. The molecule has 0 bridgehead atoms. The maximum absolute atomic E-state index is 10.3. The molecule has 1 aromatic carbocycles. The third kappa shape index (κ3) is 7.25. The lowest BCUT2D eigenvalue weighted by molar-refractivity contribution is 0.437. The Morgan fingerprint density at radius 1 is 1.08 bits per heavy atom. The molecule has 134 valence electrons. The second-order valence-corrected chi connectivity index (χ2v) is 7.29. The lowest BCUT2D eigenvalue weighted by Gasteiger charge is -2.13. The maximum atomic E-state index is 10.3. The normalized spacial score (nSPS) is 13.0. The van der Waals surface area contributed by atoms with Gasteiger partial charge in [0.2, 0.25) is 0 Å². The summed E-state index contributed by atoms with van der Waals surface area (Å²) in [4.78, 5) is 0. The molecule has 0 amide bonds. The highest BCUT2D eigenvalue weighted by atomic mass is 16.3. The smallest absolute Gasteiger partial charge is 0.123 e. The van der Waals surface area contributed by atoms with Gasteiger partial charge in [0.1, 0.15) is 11.5 Å². The first-order chi connectivity index (χ1) is 11.3. The summed E-state index contributed by atoms with van der Waals surface area (Å²) < 4.78 is 0. The molecule has 0 fully saturated rings. The van der Waals surface area contributed by atoms with Gasteiger partial charge in [-0.2, -0.15) is 0 Å². The summed E-state index contributed by atoms with van der Waals surface area (Å²) in [6.45, 7) is 10.7. The third-order valence-corrected chi connectivity index (χ3v) is 4.37. The SMILES string of the molecule is CCCC(C)Cc1cc(O)c(CC=C(C)CCC=C(C)C)c(O)c1. The van der Waals surface area contributed by atoms with Crippen molar-refractivity contribution >= 4 is 0 Å². The number of phenols is 2. The Kier molecular flexibility index (Phi) is 8.67. The van der Waals surface area contributed by atoms with E-state index in [-0.39, 0.29) is 11.5 Å². The van der Waals surface area contributed by atoms with E-state index in [4.69, 9.17) is 0 Å². The van der Waals surface area contributed by atoms with Crippen molar-refractivity contribution < 1.29 is 10.2 Å². The molecule has 24 heavy (non-hydrogen) atoms. The van der Waals surface area contributed by atoms with Crippen LogP contribution in [0.5, 0.6) is 11.5 Å². The Bertz CT molecular complexity index is 555. The molecular weight excluding hydrogens is 296 g/mol. The topological polar surface area (TPSA) is 40.5 Å². The van der Waals surface area contributed by atoms with Crippen LogP contribution in [0.3, 0.4) is 0 Å². The van der Waals surface area contributed by atoms with E-state index < -0.39 is 0 Å². The van der Waals surface area contributed by atoms with Gasteiger partial charge < -0.3 is 10.2 Å². The lowest BCUT2D eigenvalue weighted by atomic mass is 9.95. The fraction of sp³-hybridized carbons (Fsp3) is 0.545. The number of hydrogen-bond donors (Lipinski definition) is 2. The predicted molar refractivity (Wildman–Crippen MR) is 104 cm³/mol. The Hall–Kier alpha value is -1.70. The second kappa shape index (κ2) is 10.2. The van der Waals surface area contributed by atoms with Gasteiger partial charge in [-0.15, -0.1) is 0 Å². The summed E-state index contributed by atoms with van der Waals surface area (Å²) in [5, 5.41) is 20.6. The molecule has 2 heteroatoms. The van der Waals surface area contributed by atoms with E-state index >= 15 is 0 Å². The van der Waals surface area contributed by atoms with Crippen LogP contribution in [0.2, 0.25) is 0 Å². The molecule has 1 aromatic rings. The molecule has 0 heterocycles. The fourth-order valence-corrected chi connectivity index (χ4v) is 2.99. The number of hydrogen-bond acceptors (Lipinski definition) is 2. The number of aromatic hydroxyl groups is 2. The molecular formula is C22H34O2. The molecule has 1 atom stereocenters. The molecule has 0 aliphatic rings. The van der Waals surface area contributed by atoms with Crippen molar-refractivity contribution in [2.24, 2.45) is 5.92 Å². The van der Waals surface area contributed by atoms with Gasteiger partial charge in [0.15, 0.2) is 0 Å². The van der Waals surface area contributed by atoms with E-state index in [1.165, 1.54) is 11.1 Å². The number of phenolic OH excluding ortho intramolecular Hbond substituents is 2. The molecule has 2 N–H and O–H groups in total. The van der Waals surface area contributed by atoms with Gasteiger partial charge in [0.05, 0.1) is 0 Å². The van der Waals surface area contributed by atoms with Crippen LogP contribution < -0.4 is 0 Å². The zero-order valence-electron chi connectivity index (χ0n) is 16.0. The molecule has 2 nitrogen and oxygen atoms in total. The van der Waals surface area contributed by atoms with Crippen molar-refractivity contribution in [2.45, 2.75) is 73.1 Å². The Balaban J connectivity index is 2.74. The van der Waals surface area contributed by atoms with Crippen LogP contribution in [0.15, 0.2) is 35.4 Å². The van der Waals surface area contributed by atoms with Gasteiger partial charge in [0.25, 0.3) is 0 Å². The van der Waals surface area contributed by atoms with Crippen LogP contribution >= 0.6 is 0 Å². The minimum absolute atomic E-state index is 0.210. The maximum Gasteiger partial charge on any atom is 0.123 e. The largest absolute Gasteiger partial charge is 0.508 e. The van der Waals surface area contributed by atoms with Gasteiger partial charge in [-0.05, 0) is 70.1 Å². The van der Waals surface area contributed by atoms with E-state index in [0.29, 0.717) is 17.9 Å². The van der Waals surface area contributed by atoms with Crippen LogP contribution in [0.4, 0.5) is 0 Å². The number of allylic oxidation sites excluding steroid dienone is 4. The average molecular weight is 331 g/mol. The highest BCUT2D eigenvalue weighted by Gasteiger charge is 2.11. The van der Waals surface area contributed by atoms with E-state index in [0.717, 1.165) is 37.7 Å². The molecule has 0 spiro atoms. The lowest BCUT2D eigenvalue weighted by Crippen LogP contribution is -2.00. The molecule has 1 rings (SSSR count). The first kappa shape index (κ1) is 20.3. The molecule has 0 aliphatic carbocycles. The van der Waals surface area contributed by atoms with Crippen molar-refractivity contribution in [3.05, 3.63) is 46.6 Å². The highest BCUT2D eigenvalue weighted by Crippen LogP contribution is 2.31. The van der Waals surface area contributed by atoms with Crippen molar-refractivity contribution in [1.82, 2.24) is 0 Å². The second-order valence-electron chi connectivity index (χ2n) is 7.29. The van der Waals surface area contributed by atoms with Gasteiger partial charge in [-0.1, -0.05) is 50.0 Å². The molecule has 1 unspecified atom stereocenters. The Labute approximate surface area is 147 Å². The average Bonchev–Trinajstić information content (AvgIpc) is 2.46. The van der Waals surface area contributed by atoms with Crippen LogP contribution in [0.25, 0.3) is 0 Å². The number of benzene rings is 1. The van der Waals surface area contributed by atoms with Crippen molar-refractivity contribution in [3.8, 4) is 11.5 Å². The van der Waals surface area contributed by atoms with Crippen molar-refractivity contribution in [3.63, 3.8) is 0 Å². The summed E-state index contributed by atoms with van der Waals surface area (Å²) in [5.74, 6) is 0.987. The quantitative estimate of drug-likeness (QED) is 0.521. The van der Waals surface area contributed by atoms with Gasteiger partial charge in [-0.3, -0.25) is 0 Å². The summed E-state index contributed by atoms with van der Waals surface area (Å²) in [7, 11) is 0. The van der Waals surface area contributed by atoms with E-state index in [1.807, 2.05) is 12.1 Å². The summed E-state index contributed by atoms with van der Waals surface area (Å²) in [6, 6.07) is 3.63. The van der Waals surface area contributed by atoms with Crippen molar-refractivity contribution in [1.29, 1.82) is 0 Å². The van der Waals surface area contributed by atoms with Crippen LogP contribution in [-0.2, 0) is 12.8 Å². The number of rotatable bonds is 9. The zero-order chi connectivity index (χ0) is 18.1.